The van der Waals surface area contributed by atoms with Crippen LogP contribution in [0.2, 0.25) is 0 Å². The third-order valence-corrected chi connectivity index (χ3v) is 2.63. The minimum Gasteiger partial charge on any atom is -0.497 e. The Labute approximate surface area is 91.0 Å². The molecule has 1 saturated heterocycles. The molecule has 1 N–H and O–H groups in total. The van der Waals surface area contributed by atoms with E-state index in [1.807, 2.05) is 12.1 Å². The van der Waals surface area contributed by atoms with E-state index in [-0.39, 0.29) is 0 Å². The van der Waals surface area contributed by atoms with Gasteiger partial charge in [-0.1, -0.05) is 12.1 Å². The summed E-state index contributed by atoms with van der Waals surface area (Å²) in [5, 5.41) is 3.23. The quantitative estimate of drug-likeness (QED) is 0.804. The largest absolute Gasteiger partial charge is 0.497 e. The molecule has 81 valence electrons. The van der Waals surface area contributed by atoms with Crippen LogP contribution in [0.4, 0.5) is 0 Å². The number of methoxy groups -OCH3 is 1. The van der Waals surface area contributed by atoms with Crippen molar-refractivity contribution in [1.29, 1.82) is 0 Å². The van der Waals surface area contributed by atoms with Crippen LogP contribution in [0.1, 0.15) is 5.56 Å². The molecule has 0 saturated carbocycles. The lowest BCUT2D eigenvalue weighted by Crippen LogP contribution is -2.39. The first-order valence-electron chi connectivity index (χ1n) is 5.29. The number of nitrogens with zero attached hydrogens (tertiary/aromatic N) is 1. The molecule has 1 heterocycles. The Morgan fingerprint density at radius 1 is 1.33 bits per heavy atom. The van der Waals surface area contributed by atoms with E-state index < -0.39 is 0 Å². The molecular weight excluding hydrogens is 188 g/mol. The molecule has 3 nitrogen and oxygen atoms in total. The number of hydrogen-bond donors (Lipinski definition) is 1. The van der Waals surface area contributed by atoms with Gasteiger partial charge in [-0.25, -0.2) is 0 Å². The highest BCUT2D eigenvalue weighted by Crippen LogP contribution is 2.13. The van der Waals surface area contributed by atoms with Crippen molar-refractivity contribution in [3.05, 3.63) is 36.4 Å². The molecule has 3 heteroatoms. The molecule has 2 rings (SSSR count). The van der Waals surface area contributed by atoms with Crippen molar-refractivity contribution < 1.29 is 4.74 Å². The summed E-state index contributed by atoms with van der Waals surface area (Å²) >= 11 is 0. The van der Waals surface area contributed by atoms with Crippen molar-refractivity contribution in [3.8, 4) is 5.75 Å². The van der Waals surface area contributed by atoms with Gasteiger partial charge in [-0.2, -0.15) is 0 Å². The summed E-state index contributed by atoms with van der Waals surface area (Å²) in [6, 6.07) is 8.28. The van der Waals surface area contributed by atoms with Crippen LogP contribution in [0.3, 0.4) is 0 Å². The lowest BCUT2D eigenvalue weighted by Gasteiger charge is -2.26. The highest BCUT2D eigenvalue weighted by molar-refractivity contribution is 5.27. The summed E-state index contributed by atoms with van der Waals surface area (Å²) in [7, 11) is 1.69. The first-order valence-corrected chi connectivity index (χ1v) is 5.29. The van der Waals surface area contributed by atoms with Crippen LogP contribution >= 0.6 is 0 Å². The van der Waals surface area contributed by atoms with E-state index >= 15 is 0 Å². The van der Waals surface area contributed by atoms with Gasteiger partial charge in [0.15, 0.2) is 0 Å². The van der Waals surface area contributed by atoms with E-state index in [9.17, 15) is 0 Å². The predicted octanol–water partition coefficient (Wildman–Crippen LogP) is 1.26. The molecular formula is C12H17N2O. The Balaban J connectivity index is 1.91. The monoisotopic (exact) mass is 205 g/mol. The topological polar surface area (TPSA) is 24.5 Å². The molecule has 1 aliphatic heterocycles. The molecule has 0 amide bonds. The van der Waals surface area contributed by atoms with Crippen molar-refractivity contribution in [2.45, 2.75) is 6.54 Å². The maximum absolute atomic E-state index is 5.13. The van der Waals surface area contributed by atoms with E-state index in [4.69, 9.17) is 4.74 Å². The van der Waals surface area contributed by atoms with Gasteiger partial charge in [-0.05, 0) is 17.7 Å². The molecule has 1 fully saturated rings. The number of benzene rings is 1. The van der Waals surface area contributed by atoms with E-state index in [1.165, 1.54) is 5.56 Å². The number of rotatable bonds is 3. The summed E-state index contributed by atoms with van der Waals surface area (Å²) in [6.45, 7) is 6.32. The maximum atomic E-state index is 5.13. The van der Waals surface area contributed by atoms with Crippen molar-refractivity contribution in [1.82, 2.24) is 10.2 Å². The van der Waals surface area contributed by atoms with Gasteiger partial charge in [0.05, 0.1) is 7.11 Å². The Morgan fingerprint density at radius 3 is 2.73 bits per heavy atom. The van der Waals surface area contributed by atoms with Gasteiger partial charge >= 0.3 is 0 Å². The number of hydrogen-bond acceptors (Lipinski definition) is 3. The molecule has 0 unspecified atom stereocenters. The van der Waals surface area contributed by atoms with Gasteiger partial charge < -0.3 is 10.1 Å². The molecule has 0 spiro atoms. The fraction of sp³-hybridized carbons (Fsp3) is 0.417. The highest BCUT2D eigenvalue weighted by Gasteiger charge is 2.09. The van der Waals surface area contributed by atoms with E-state index in [2.05, 4.69) is 28.9 Å². The summed E-state index contributed by atoms with van der Waals surface area (Å²) in [5.41, 5.74) is 1.34. The molecule has 0 bridgehead atoms. The minimum absolute atomic E-state index is 0.922. The zero-order chi connectivity index (χ0) is 10.5. The first-order chi connectivity index (χ1) is 7.38. The smallest absolute Gasteiger partial charge is 0.118 e. The summed E-state index contributed by atoms with van der Waals surface area (Å²) in [5.74, 6) is 0.922. The second-order valence-electron chi connectivity index (χ2n) is 3.74. The molecule has 0 aromatic heterocycles. The average Bonchev–Trinajstić information content (AvgIpc) is 2.31. The van der Waals surface area contributed by atoms with E-state index in [0.29, 0.717) is 0 Å². The lowest BCUT2D eigenvalue weighted by atomic mass is 10.2. The Kier molecular flexibility index (Phi) is 3.59. The van der Waals surface area contributed by atoms with Gasteiger partial charge in [0.1, 0.15) is 5.75 Å². The zero-order valence-electron chi connectivity index (χ0n) is 9.07. The summed E-state index contributed by atoms with van der Waals surface area (Å²) in [6.07, 6.45) is 0. The Morgan fingerprint density at radius 2 is 2.13 bits per heavy atom. The van der Waals surface area contributed by atoms with Gasteiger partial charge in [-0.3, -0.25) is 4.90 Å². The molecule has 1 aromatic rings. The minimum atomic E-state index is 0.922. The van der Waals surface area contributed by atoms with Gasteiger partial charge in [-0.15, -0.1) is 0 Å². The van der Waals surface area contributed by atoms with E-state index in [0.717, 1.165) is 31.9 Å². The van der Waals surface area contributed by atoms with Gasteiger partial charge in [0, 0.05) is 32.7 Å². The van der Waals surface area contributed by atoms with Crippen molar-refractivity contribution in [3.63, 3.8) is 0 Å². The SMILES string of the molecule is COc1ccc(CN2C[CH]NCC2)cc1. The second-order valence-corrected chi connectivity index (χ2v) is 3.74. The Hall–Kier alpha value is -1.06. The van der Waals surface area contributed by atoms with Crippen LogP contribution in [-0.4, -0.2) is 31.6 Å². The van der Waals surface area contributed by atoms with Crippen molar-refractivity contribution in [2.75, 3.05) is 26.7 Å². The fourth-order valence-corrected chi connectivity index (χ4v) is 1.74. The van der Waals surface area contributed by atoms with Crippen LogP contribution < -0.4 is 10.1 Å². The third-order valence-electron chi connectivity index (χ3n) is 2.63. The zero-order valence-corrected chi connectivity index (χ0v) is 9.07. The van der Waals surface area contributed by atoms with Crippen molar-refractivity contribution in [2.24, 2.45) is 0 Å². The van der Waals surface area contributed by atoms with Crippen LogP contribution in [0.15, 0.2) is 24.3 Å². The Bertz CT molecular complexity index is 291. The predicted molar refractivity (Wildman–Crippen MR) is 60.6 cm³/mol. The maximum Gasteiger partial charge on any atom is 0.118 e. The second kappa shape index (κ2) is 5.14. The fourth-order valence-electron chi connectivity index (χ4n) is 1.74. The van der Waals surface area contributed by atoms with Crippen molar-refractivity contribution >= 4 is 0 Å². The van der Waals surface area contributed by atoms with Crippen LogP contribution in [-0.2, 0) is 6.54 Å². The van der Waals surface area contributed by atoms with Gasteiger partial charge in [0.2, 0.25) is 0 Å². The van der Waals surface area contributed by atoms with Crippen LogP contribution in [0.5, 0.6) is 5.75 Å². The molecule has 1 aliphatic rings. The standard InChI is InChI=1S/C12H17N2O/c1-15-12-4-2-11(3-5-12)10-14-8-6-13-7-9-14/h2-6,13H,7-10H2,1H3. The first kappa shape index (κ1) is 10.5. The molecule has 0 atom stereocenters. The number of nitrogens with one attached hydrogen (secondary N) is 1. The highest BCUT2D eigenvalue weighted by atomic mass is 16.5. The normalized spacial score (nSPS) is 17.7. The number of ether oxygens (including phenoxy) is 1. The molecule has 1 aromatic carbocycles. The molecule has 0 aliphatic carbocycles. The average molecular weight is 205 g/mol. The molecule has 1 radical (unpaired) electrons. The third kappa shape index (κ3) is 2.94. The van der Waals surface area contributed by atoms with Crippen LogP contribution in [0.25, 0.3) is 0 Å². The van der Waals surface area contributed by atoms with E-state index in [1.54, 1.807) is 7.11 Å². The number of piperazine rings is 1. The lowest BCUT2D eigenvalue weighted by molar-refractivity contribution is 0.255. The molecule has 15 heavy (non-hydrogen) atoms. The summed E-state index contributed by atoms with van der Waals surface area (Å²) < 4.78 is 5.13. The summed E-state index contributed by atoms with van der Waals surface area (Å²) in [4.78, 5) is 2.41. The van der Waals surface area contributed by atoms with Crippen LogP contribution in [0, 0.1) is 6.54 Å². The van der Waals surface area contributed by atoms with Gasteiger partial charge in [0.25, 0.3) is 0 Å².